The Bertz CT molecular complexity index is 1430. The van der Waals surface area contributed by atoms with Crippen LogP contribution in [-0.4, -0.2) is 46.5 Å². The van der Waals surface area contributed by atoms with E-state index in [-0.39, 0.29) is 29.6 Å². The molecule has 1 aliphatic heterocycles. The number of rotatable bonds is 4. The zero-order chi connectivity index (χ0) is 23.7. The molecule has 8 heteroatoms. The molecule has 0 bridgehead atoms. The van der Waals surface area contributed by atoms with Crippen LogP contribution in [0.15, 0.2) is 77.9 Å². The molecule has 3 aromatic carbocycles. The number of anilines is 1. The molecule has 172 valence electrons. The summed E-state index contributed by atoms with van der Waals surface area (Å²) in [5.74, 6) is -0.818. The molecule has 1 fully saturated rings. The number of carbonyl (C=O) groups is 1. The van der Waals surface area contributed by atoms with Crippen molar-refractivity contribution in [1.82, 2.24) is 14.5 Å². The van der Waals surface area contributed by atoms with Gasteiger partial charge in [-0.2, -0.15) is 0 Å². The van der Waals surface area contributed by atoms with E-state index in [4.69, 9.17) is 0 Å². The van der Waals surface area contributed by atoms with E-state index in [0.717, 1.165) is 0 Å². The fourth-order valence-corrected chi connectivity index (χ4v) is 4.26. The lowest BCUT2D eigenvalue weighted by atomic mass is 10.1. The van der Waals surface area contributed by atoms with Crippen LogP contribution in [0.1, 0.15) is 15.9 Å². The van der Waals surface area contributed by atoms with E-state index in [1.807, 2.05) is 4.90 Å². The lowest BCUT2D eigenvalue weighted by molar-refractivity contribution is 0.0747. The molecule has 0 spiro atoms. The molecule has 6 nitrogen and oxygen atoms in total. The Balaban J connectivity index is 1.32. The summed E-state index contributed by atoms with van der Waals surface area (Å²) in [5.41, 5.74) is 1.48. The zero-order valence-corrected chi connectivity index (χ0v) is 18.3. The fraction of sp³-hybridized carbons (Fsp3) is 0.192. The van der Waals surface area contributed by atoms with Gasteiger partial charge in [0.15, 0.2) is 0 Å². The molecule has 4 aromatic rings. The highest BCUT2D eigenvalue weighted by atomic mass is 19.1. The summed E-state index contributed by atoms with van der Waals surface area (Å²) < 4.78 is 29.4. The molecule has 0 N–H and O–H groups in total. The Morgan fingerprint density at radius 2 is 1.59 bits per heavy atom. The van der Waals surface area contributed by atoms with Crippen LogP contribution in [0.3, 0.4) is 0 Å². The summed E-state index contributed by atoms with van der Waals surface area (Å²) in [7, 11) is 0. The van der Waals surface area contributed by atoms with E-state index in [2.05, 4.69) is 4.98 Å². The molecule has 1 aromatic heterocycles. The monoisotopic (exact) mass is 460 g/mol. The first-order chi connectivity index (χ1) is 16.5. The van der Waals surface area contributed by atoms with Crippen LogP contribution in [0.5, 0.6) is 0 Å². The van der Waals surface area contributed by atoms with Crippen molar-refractivity contribution >= 4 is 22.5 Å². The number of hydrogen-bond acceptors (Lipinski definition) is 4. The van der Waals surface area contributed by atoms with Crippen LogP contribution in [0.4, 0.5) is 14.5 Å². The maximum atomic E-state index is 14.1. The van der Waals surface area contributed by atoms with Gasteiger partial charge in [-0.05, 0) is 36.4 Å². The van der Waals surface area contributed by atoms with Crippen molar-refractivity contribution < 1.29 is 13.6 Å². The van der Waals surface area contributed by atoms with Crippen LogP contribution in [-0.2, 0) is 6.54 Å². The standard InChI is InChI=1S/C26H22F2N4O2/c27-21-6-2-1-5-19(21)16-32-17-29-23-15-18(9-10-20(23)26(32)34)25(33)31-13-11-30(12-14-31)24-8-4-3-7-22(24)28/h1-10,15,17H,11-14,16H2. The maximum absolute atomic E-state index is 14.1. The molecule has 1 saturated heterocycles. The molecule has 34 heavy (non-hydrogen) atoms. The summed E-state index contributed by atoms with van der Waals surface area (Å²) in [5, 5.41) is 0.361. The largest absolute Gasteiger partial charge is 0.366 e. The number of halogens is 2. The fourth-order valence-electron chi connectivity index (χ4n) is 4.26. The SMILES string of the molecule is O=C(c1ccc2c(=O)n(Cc3ccccc3F)cnc2c1)N1CCN(c2ccccc2F)CC1. The van der Waals surface area contributed by atoms with Gasteiger partial charge in [0, 0.05) is 37.3 Å². The molecule has 0 unspecified atom stereocenters. The van der Waals surface area contributed by atoms with Gasteiger partial charge in [-0.15, -0.1) is 0 Å². The second kappa shape index (κ2) is 9.05. The van der Waals surface area contributed by atoms with E-state index in [9.17, 15) is 18.4 Å². The van der Waals surface area contributed by atoms with Gasteiger partial charge >= 0.3 is 0 Å². The molecule has 1 amide bonds. The highest BCUT2D eigenvalue weighted by Crippen LogP contribution is 2.21. The van der Waals surface area contributed by atoms with Gasteiger partial charge in [-0.3, -0.25) is 14.2 Å². The third-order valence-corrected chi connectivity index (χ3v) is 6.13. The minimum absolute atomic E-state index is 0.0708. The minimum Gasteiger partial charge on any atom is -0.366 e. The molecule has 2 heterocycles. The molecule has 0 aliphatic carbocycles. The van der Waals surface area contributed by atoms with Gasteiger partial charge in [-0.25, -0.2) is 13.8 Å². The van der Waals surface area contributed by atoms with Crippen LogP contribution >= 0.6 is 0 Å². The van der Waals surface area contributed by atoms with E-state index >= 15 is 0 Å². The Morgan fingerprint density at radius 1 is 0.882 bits per heavy atom. The van der Waals surface area contributed by atoms with Crippen LogP contribution in [0.2, 0.25) is 0 Å². The van der Waals surface area contributed by atoms with Crippen LogP contribution in [0, 0.1) is 11.6 Å². The van der Waals surface area contributed by atoms with Crippen LogP contribution < -0.4 is 10.5 Å². The van der Waals surface area contributed by atoms with Crippen molar-refractivity contribution in [3.8, 4) is 0 Å². The lowest BCUT2D eigenvalue weighted by Crippen LogP contribution is -2.49. The van der Waals surface area contributed by atoms with Gasteiger partial charge in [0.2, 0.25) is 0 Å². The number of piperazine rings is 1. The van der Waals surface area contributed by atoms with Crippen molar-refractivity contribution in [2.24, 2.45) is 0 Å². The number of benzene rings is 3. The van der Waals surface area contributed by atoms with E-state index in [0.29, 0.717) is 53.9 Å². The van der Waals surface area contributed by atoms with Gasteiger partial charge in [0.05, 0.1) is 29.5 Å². The summed E-state index contributed by atoms with van der Waals surface area (Å²) in [4.78, 5) is 33.9. The third-order valence-electron chi connectivity index (χ3n) is 6.13. The number of aromatic nitrogens is 2. The van der Waals surface area contributed by atoms with E-state index < -0.39 is 0 Å². The quantitative estimate of drug-likeness (QED) is 0.466. The van der Waals surface area contributed by atoms with Crippen LogP contribution in [0.25, 0.3) is 10.9 Å². The van der Waals surface area contributed by atoms with E-state index in [1.54, 1.807) is 59.5 Å². The predicted octanol–water partition coefficient (Wildman–Crippen LogP) is 3.69. The first-order valence-electron chi connectivity index (χ1n) is 11.0. The minimum atomic E-state index is -0.384. The molecule has 0 saturated carbocycles. The molecular formula is C26H22F2N4O2. The molecule has 1 aliphatic rings. The number of hydrogen-bond donors (Lipinski definition) is 0. The second-order valence-electron chi connectivity index (χ2n) is 8.23. The third kappa shape index (κ3) is 4.14. The summed E-state index contributed by atoms with van der Waals surface area (Å²) in [6.45, 7) is 2.05. The number of nitrogens with zero attached hydrogens (tertiary/aromatic N) is 4. The number of para-hydroxylation sites is 1. The summed E-state index contributed by atoms with van der Waals surface area (Å²) >= 11 is 0. The molecule has 0 radical (unpaired) electrons. The number of carbonyl (C=O) groups excluding carboxylic acids is 1. The normalized spacial score (nSPS) is 13.9. The summed E-state index contributed by atoms with van der Waals surface area (Å²) in [6, 6.07) is 17.7. The van der Waals surface area contributed by atoms with Crippen molar-refractivity contribution in [2.45, 2.75) is 6.54 Å². The Morgan fingerprint density at radius 3 is 2.32 bits per heavy atom. The predicted molar refractivity (Wildman–Crippen MR) is 126 cm³/mol. The molecular weight excluding hydrogens is 438 g/mol. The van der Waals surface area contributed by atoms with Gasteiger partial charge < -0.3 is 9.80 Å². The van der Waals surface area contributed by atoms with Gasteiger partial charge in [0.1, 0.15) is 11.6 Å². The van der Waals surface area contributed by atoms with Crippen molar-refractivity contribution in [3.63, 3.8) is 0 Å². The van der Waals surface area contributed by atoms with E-state index in [1.165, 1.54) is 23.0 Å². The van der Waals surface area contributed by atoms with Crippen molar-refractivity contribution in [3.05, 3.63) is 106 Å². The Kier molecular flexibility index (Phi) is 5.79. The highest BCUT2D eigenvalue weighted by Gasteiger charge is 2.24. The average molecular weight is 460 g/mol. The smallest absolute Gasteiger partial charge is 0.261 e. The maximum Gasteiger partial charge on any atom is 0.261 e. The number of fused-ring (bicyclic) bond motifs is 1. The Labute approximate surface area is 194 Å². The highest BCUT2D eigenvalue weighted by molar-refractivity contribution is 5.97. The average Bonchev–Trinajstić information content (AvgIpc) is 2.87. The van der Waals surface area contributed by atoms with Gasteiger partial charge in [-0.1, -0.05) is 30.3 Å². The van der Waals surface area contributed by atoms with Crippen molar-refractivity contribution in [1.29, 1.82) is 0 Å². The Hall–Kier alpha value is -4.07. The second-order valence-corrected chi connectivity index (χ2v) is 8.23. The zero-order valence-electron chi connectivity index (χ0n) is 18.3. The molecule has 0 atom stereocenters. The summed E-state index contributed by atoms with van der Waals surface area (Å²) in [6.07, 6.45) is 1.37. The van der Waals surface area contributed by atoms with Gasteiger partial charge in [0.25, 0.3) is 11.5 Å². The van der Waals surface area contributed by atoms with Crippen molar-refractivity contribution in [2.75, 3.05) is 31.1 Å². The number of amides is 1. The first-order valence-corrected chi connectivity index (χ1v) is 11.0. The lowest BCUT2D eigenvalue weighted by Gasteiger charge is -2.36. The molecule has 5 rings (SSSR count). The topological polar surface area (TPSA) is 58.4 Å². The first kappa shape index (κ1) is 21.8.